The molecule has 1 N–H and O–H groups in total. The second-order valence-electron chi connectivity index (χ2n) is 6.10. The number of hydrogen-bond donors (Lipinski definition) is 1. The van der Waals surface area contributed by atoms with E-state index >= 15 is 0 Å². The Labute approximate surface area is 117 Å². The van der Waals surface area contributed by atoms with Crippen molar-refractivity contribution in [1.82, 2.24) is 15.1 Å². The van der Waals surface area contributed by atoms with E-state index in [1.807, 2.05) is 6.92 Å². The van der Waals surface area contributed by atoms with Crippen LogP contribution in [0.3, 0.4) is 0 Å². The Bertz CT molecular complexity index is 292. The molecular formula is C14H29N3O2. The van der Waals surface area contributed by atoms with Gasteiger partial charge in [0.15, 0.2) is 0 Å². The summed E-state index contributed by atoms with van der Waals surface area (Å²) in [5, 5.41) is 3.43. The van der Waals surface area contributed by atoms with Crippen LogP contribution in [0, 0.1) is 0 Å². The molecule has 1 aliphatic carbocycles. The third kappa shape index (κ3) is 5.89. The quantitative estimate of drug-likeness (QED) is 0.621. The van der Waals surface area contributed by atoms with Crippen LogP contribution < -0.4 is 5.32 Å². The Morgan fingerprint density at radius 1 is 1.26 bits per heavy atom. The van der Waals surface area contributed by atoms with Crippen molar-refractivity contribution in [2.75, 3.05) is 47.9 Å². The molecule has 5 nitrogen and oxygen atoms in total. The molecule has 1 aliphatic rings. The Balaban J connectivity index is 2.41. The van der Waals surface area contributed by atoms with Crippen LogP contribution >= 0.6 is 0 Å². The van der Waals surface area contributed by atoms with Gasteiger partial charge in [0.25, 0.3) is 0 Å². The van der Waals surface area contributed by atoms with Crippen molar-refractivity contribution < 1.29 is 9.53 Å². The van der Waals surface area contributed by atoms with E-state index in [-0.39, 0.29) is 5.97 Å². The molecule has 112 valence electrons. The summed E-state index contributed by atoms with van der Waals surface area (Å²) in [5.41, 5.74) is -0.553. The maximum Gasteiger partial charge on any atom is 0.325 e. The molecule has 19 heavy (non-hydrogen) atoms. The highest BCUT2D eigenvalue weighted by Gasteiger charge is 2.39. The molecule has 0 aromatic carbocycles. The number of rotatable bonds is 9. The highest BCUT2D eigenvalue weighted by molar-refractivity contribution is 5.80. The van der Waals surface area contributed by atoms with Crippen molar-refractivity contribution in [3.05, 3.63) is 0 Å². The van der Waals surface area contributed by atoms with Gasteiger partial charge in [-0.2, -0.15) is 0 Å². The summed E-state index contributed by atoms with van der Waals surface area (Å²) < 4.78 is 4.95. The minimum Gasteiger partial charge on any atom is -0.468 e. The molecule has 1 rings (SSSR count). The van der Waals surface area contributed by atoms with Crippen LogP contribution in [0.4, 0.5) is 0 Å². The standard InChI is InChI=1S/C14H29N3O2/c1-14(13(18)19-5,15-12-6-7-12)8-9-17(4)11-10-16(2)3/h12,15H,6-11H2,1-5H3. The molecule has 5 heteroatoms. The summed E-state index contributed by atoms with van der Waals surface area (Å²) in [6, 6.07) is 0.496. The maximum atomic E-state index is 12.0. The van der Waals surface area contributed by atoms with Crippen molar-refractivity contribution in [3.63, 3.8) is 0 Å². The lowest BCUT2D eigenvalue weighted by Crippen LogP contribution is -2.52. The average molecular weight is 271 g/mol. The minimum atomic E-state index is -0.553. The number of esters is 1. The van der Waals surface area contributed by atoms with E-state index in [0.717, 1.165) is 26.1 Å². The molecular weight excluding hydrogens is 242 g/mol. The molecule has 0 aromatic heterocycles. The zero-order valence-corrected chi connectivity index (χ0v) is 13.0. The molecule has 0 radical (unpaired) electrons. The van der Waals surface area contributed by atoms with Gasteiger partial charge in [-0.15, -0.1) is 0 Å². The molecule has 1 atom stereocenters. The first-order valence-electron chi connectivity index (χ1n) is 7.07. The fraction of sp³-hybridized carbons (Fsp3) is 0.929. The van der Waals surface area contributed by atoms with Crippen LogP contribution in [0.1, 0.15) is 26.2 Å². The van der Waals surface area contributed by atoms with Crippen molar-refractivity contribution >= 4 is 5.97 Å². The first kappa shape index (κ1) is 16.4. The molecule has 1 fully saturated rings. The van der Waals surface area contributed by atoms with Gasteiger partial charge in [-0.05, 0) is 47.3 Å². The predicted octanol–water partition coefficient (Wildman–Crippen LogP) is 0.554. The number of nitrogens with zero attached hydrogens (tertiary/aromatic N) is 2. The lowest BCUT2D eigenvalue weighted by atomic mass is 9.97. The smallest absolute Gasteiger partial charge is 0.325 e. The number of likely N-dealkylation sites (N-methyl/N-ethyl adjacent to an activating group) is 2. The molecule has 0 heterocycles. The third-order valence-corrected chi connectivity index (χ3v) is 3.66. The van der Waals surface area contributed by atoms with Crippen LogP contribution in [0.15, 0.2) is 0 Å². The summed E-state index contributed by atoms with van der Waals surface area (Å²) in [6.07, 6.45) is 3.12. The topological polar surface area (TPSA) is 44.8 Å². The highest BCUT2D eigenvalue weighted by Crippen LogP contribution is 2.25. The third-order valence-electron chi connectivity index (χ3n) is 3.66. The largest absolute Gasteiger partial charge is 0.468 e. The second-order valence-corrected chi connectivity index (χ2v) is 6.10. The van der Waals surface area contributed by atoms with Gasteiger partial charge in [-0.1, -0.05) is 0 Å². The molecule has 1 saturated carbocycles. The van der Waals surface area contributed by atoms with E-state index in [4.69, 9.17) is 4.74 Å². The van der Waals surface area contributed by atoms with Gasteiger partial charge >= 0.3 is 5.97 Å². The first-order chi connectivity index (χ1) is 8.87. The number of carbonyl (C=O) groups is 1. The Hall–Kier alpha value is -0.650. The van der Waals surface area contributed by atoms with Gasteiger partial charge < -0.3 is 14.5 Å². The fourth-order valence-corrected chi connectivity index (χ4v) is 2.03. The number of nitrogens with one attached hydrogen (secondary N) is 1. The van der Waals surface area contributed by atoms with E-state index in [9.17, 15) is 4.79 Å². The van der Waals surface area contributed by atoms with Gasteiger partial charge in [-0.25, -0.2) is 0 Å². The molecule has 0 aromatic rings. The van der Waals surface area contributed by atoms with E-state index in [0.29, 0.717) is 6.04 Å². The van der Waals surface area contributed by atoms with E-state index in [1.165, 1.54) is 20.0 Å². The summed E-state index contributed by atoms with van der Waals surface area (Å²) in [7, 11) is 7.70. The van der Waals surface area contributed by atoms with E-state index in [2.05, 4.69) is 36.3 Å². The number of methoxy groups -OCH3 is 1. The van der Waals surface area contributed by atoms with E-state index in [1.54, 1.807) is 0 Å². The summed E-state index contributed by atoms with van der Waals surface area (Å²) in [5.74, 6) is -0.152. The van der Waals surface area contributed by atoms with E-state index < -0.39 is 5.54 Å². The SMILES string of the molecule is COC(=O)C(C)(CCN(C)CCN(C)C)NC1CC1. The van der Waals surface area contributed by atoms with Gasteiger partial charge in [0, 0.05) is 25.7 Å². The Morgan fingerprint density at radius 3 is 2.37 bits per heavy atom. The monoisotopic (exact) mass is 271 g/mol. The van der Waals surface area contributed by atoms with Crippen LogP contribution in [0.25, 0.3) is 0 Å². The molecule has 0 spiro atoms. The van der Waals surface area contributed by atoms with Gasteiger partial charge in [0.05, 0.1) is 7.11 Å². The molecule has 0 aliphatic heterocycles. The van der Waals surface area contributed by atoms with Gasteiger partial charge in [0.1, 0.15) is 5.54 Å². The van der Waals surface area contributed by atoms with Crippen LogP contribution in [-0.4, -0.2) is 75.2 Å². The summed E-state index contributed by atoms with van der Waals surface area (Å²) in [4.78, 5) is 16.4. The lowest BCUT2D eigenvalue weighted by Gasteiger charge is -2.30. The van der Waals surface area contributed by atoms with Crippen molar-refractivity contribution in [2.24, 2.45) is 0 Å². The number of carbonyl (C=O) groups excluding carboxylic acids is 1. The Kier molecular flexibility index (Phi) is 6.23. The molecule has 1 unspecified atom stereocenters. The Morgan fingerprint density at radius 2 is 1.89 bits per heavy atom. The minimum absolute atomic E-state index is 0.152. The van der Waals surface area contributed by atoms with Crippen molar-refractivity contribution in [2.45, 2.75) is 37.8 Å². The van der Waals surface area contributed by atoms with Crippen LogP contribution in [0.2, 0.25) is 0 Å². The summed E-state index contributed by atoms with van der Waals surface area (Å²) in [6.45, 7) is 4.88. The van der Waals surface area contributed by atoms with Crippen molar-refractivity contribution in [1.29, 1.82) is 0 Å². The molecule has 0 bridgehead atoms. The van der Waals surface area contributed by atoms with Gasteiger partial charge in [0.2, 0.25) is 0 Å². The lowest BCUT2D eigenvalue weighted by molar-refractivity contribution is -0.148. The maximum absolute atomic E-state index is 12.0. The number of hydrogen-bond acceptors (Lipinski definition) is 5. The first-order valence-corrected chi connectivity index (χ1v) is 7.07. The van der Waals surface area contributed by atoms with Gasteiger partial charge in [-0.3, -0.25) is 10.1 Å². The molecule has 0 amide bonds. The predicted molar refractivity (Wildman–Crippen MR) is 77.2 cm³/mol. The normalized spacial score (nSPS) is 18.7. The summed E-state index contributed by atoms with van der Waals surface area (Å²) >= 11 is 0. The van der Waals surface area contributed by atoms with Crippen LogP contribution in [0.5, 0.6) is 0 Å². The highest BCUT2D eigenvalue weighted by atomic mass is 16.5. The van der Waals surface area contributed by atoms with Crippen LogP contribution in [-0.2, 0) is 9.53 Å². The average Bonchev–Trinajstić information content (AvgIpc) is 3.16. The molecule has 0 saturated heterocycles. The second kappa shape index (κ2) is 7.22. The zero-order valence-electron chi connectivity index (χ0n) is 13.0. The number of ether oxygens (including phenoxy) is 1. The fourth-order valence-electron chi connectivity index (χ4n) is 2.03. The zero-order chi connectivity index (χ0) is 14.5. The van der Waals surface area contributed by atoms with Crippen molar-refractivity contribution in [3.8, 4) is 0 Å².